The van der Waals surface area contributed by atoms with Crippen LogP contribution in [-0.4, -0.2) is 18.2 Å². The molecule has 0 fully saturated rings. The van der Waals surface area contributed by atoms with Crippen molar-refractivity contribution < 1.29 is 14.2 Å². The summed E-state index contributed by atoms with van der Waals surface area (Å²) < 4.78 is 19.3. The molecule has 0 radical (unpaired) electrons. The number of aromatic nitrogens is 1. The van der Waals surface area contributed by atoms with E-state index < -0.39 is 5.60 Å². The van der Waals surface area contributed by atoms with Crippen LogP contribution in [0.5, 0.6) is 5.88 Å². The molecule has 0 saturated carbocycles. The largest absolute Gasteiger partial charge is 0.473 e. The van der Waals surface area contributed by atoms with Gasteiger partial charge in [-0.3, -0.25) is 0 Å². The van der Waals surface area contributed by atoms with Crippen LogP contribution >= 0.6 is 0 Å². The fraction of sp³-hybridized carbons (Fsp3) is 0.178. The van der Waals surface area contributed by atoms with Gasteiger partial charge in [0.05, 0.1) is 12.7 Å². The Bertz CT molecular complexity index is 1850. The van der Waals surface area contributed by atoms with E-state index in [0.717, 1.165) is 27.8 Å². The van der Waals surface area contributed by atoms with Gasteiger partial charge >= 0.3 is 0 Å². The topological polar surface area (TPSA) is 40.6 Å². The Labute approximate surface area is 290 Å². The summed E-state index contributed by atoms with van der Waals surface area (Å²) >= 11 is 0. The Morgan fingerprint density at radius 1 is 0.694 bits per heavy atom. The number of nitrogens with zero attached hydrogens (tertiary/aromatic N) is 1. The molecule has 49 heavy (non-hydrogen) atoms. The Balaban J connectivity index is 1.18. The lowest BCUT2D eigenvalue weighted by atomic mass is 9.80. The van der Waals surface area contributed by atoms with E-state index in [9.17, 15) is 0 Å². The number of aryl methyl sites for hydroxylation is 2. The number of terminal acetylenes is 1. The molecule has 6 aromatic rings. The van der Waals surface area contributed by atoms with Crippen molar-refractivity contribution in [3.05, 3.63) is 191 Å². The third-order valence-electron chi connectivity index (χ3n) is 8.82. The van der Waals surface area contributed by atoms with Gasteiger partial charge in [-0.15, -0.1) is 6.42 Å². The summed E-state index contributed by atoms with van der Waals surface area (Å²) in [5, 5.41) is 0. The second kappa shape index (κ2) is 16.1. The zero-order valence-electron chi connectivity index (χ0n) is 28.1. The summed E-state index contributed by atoms with van der Waals surface area (Å²) in [6, 6.07) is 49.9. The molecule has 1 unspecified atom stereocenters. The molecule has 0 aliphatic heterocycles. The minimum Gasteiger partial charge on any atom is -0.473 e. The lowest BCUT2D eigenvalue weighted by Gasteiger charge is -2.36. The van der Waals surface area contributed by atoms with Gasteiger partial charge in [0, 0.05) is 18.7 Å². The molecule has 4 nitrogen and oxygen atoms in total. The van der Waals surface area contributed by atoms with E-state index in [1.165, 1.54) is 22.3 Å². The van der Waals surface area contributed by atoms with E-state index in [-0.39, 0.29) is 12.7 Å². The summed E-state index contributed by atoms with van der Waals surface area (Å²) in [7, 11) is 0. The molecule has 244 valence electrons. The predicted octanol–water partition coefficient (Wildman–Crippen LogP) is 10.0. The highest BCUT2D eigenvalue weighted by atomic mass is 16.5. The quantitative estimate of drug-likeness (QED) is 0.0875. The lowest BCUT2D eigenvalue weighted by Crippen LogP contribution is -2.33. The Kier molecular flexibility index (Phi) is 11.0. The van der Waals surface area contributed by atoms with Gasteiger partial charge in [0.2, 0.25) is 5.88 Å². The van der Waals surface area contributed by atoms with E-state index in [1.807, 2.05) is 36.5 Å². The van der Waals surface area contributed by atoms with Crippen molar-refractivity contribution >= 4 is 0 Å². The minimum atomic E-state index is -0.814. The van der Waals surface area contributed by atoms with Crippen LogP contribution in [0.3, 0.4) is 0 Å². The average molecular weight is 644 g/mol. The van der Waals surface area contributed by atoms with E-state index in [1.54, 1.807) is 0 Å². The standard InChI is InChI=1S/C45H41NO3/c1-4-29-47-42(28-30-49-45(39-20-8-5-9-21-39,40-22-10-6-11-23-40)41-24-12-7-13-25-41)38-26-27-43(46-32-38)48-33-36-18-15-19-37(31-36)44-34(2)16-14-17-35(44)3/h1,5-27,31-32,42H,28-30,33H2,2-3H3. The third-order valence-corrected chi connectivity index (χ3v) is 8.82. The number of hydrogen-bond donors (Lipinski definition) is 0. The van der Waals surface area contributed by atoms with Gasteiger partial charge in [-0.05, 0) is 76.1 Å². The lowest BCUT2D eigenvalue weighted by molar-refractivity contribution is -0.0184. The van der Waals surface area contributed by atoms with Crippen LogP contribution in [0.15, 0.2) is 152 Å². The number of hydrogen-bond acceptors (Lipinski definition) is 4. The molecule has 1 atom stereocenters. The highest BCUT2D eigenvalue weighted by Gasteiger charge is 2.37. The first kappa shape index (κ1) is 33.4. The monoisotopic (exact) mass is 643 g/mol. The van der Waals surface area contributed by atoms with Crippen LogP contribution in [0.25, 0.3) is 11.1 Å². The fourth-order valence-electron chi connectivity index (χ4n) is 6.49. The molecule has 0 saturated heterocycles. The molecule has 0 bridgehead atoms. The maximum atomic E-state index is 7.01. The van der Waals surface area contributed by atoms with E-state index in [2.05, 4.69) is 140 Å². The molecule has 0 spiro atoms. The van der Waals surface area contributed by atoms with E-state index in [0.29, 0.717) is 25.5 Å². The van der Waals surface area contributed by atoms with Crippen molar-refractivity contribution in [3.63, 3.8) is 0 Å². The van der Waals surface area contributed by atoms with Gasteiger partial charge in [0.25, 0.3) is 0 Å². The molecule has 1 aromatic heterocycles. The first-order chi connectivity index (χ1) is 24.1. The van der Waals surface area contributed by atoms with Crippen LogP contribution in [-0.2, 0) is 21.7 Å². The smallest absolute Gasteiger partial charge is 0.213 e. The summed E-state index contributed by atoms with van der Waals surface area (Å²) in [5.74, 6) is 3.16. The number of pyridine rings is 1. The van der Waals surface area contributed by atoms with Crippen LogP contribution in [0.2, 0.25) is 0 Å². The van der Waals surface area contributed by atoms with Crippen LogP contribution in [0, 0.1) is 26.2 Å². The SMILES string of the molecule is C#CCOC(CCOC(c1ccccc1)(c1ccccc1)c1ccccc1)c1ccc(OCc2cccc(-c3c(C)cccc3C)c2)nc1. The van der Waals surface area contributed by atoms with Crippen LogP contribution in [0.4, 0.5) is 0 Å². The van der Waals surface area contributed by atoms with Gasteiger partial charge in [0.1, 0.15) is 18.8 Å². The first-order valence-electron chi connectivity index (χ1n) is 16.7. The Hall–Kier alpha value is -5.47. The van der Waals surface area contributed by atoms with Crippen molar-refractivity contribution in [2.45, 2.75) is 38.6 Å². The predicted molar refractivity (Wildman–Crippen MR) is 197 cm³/mol. The van der Waals surface area contributed by atoms with Gasteiger partial charge in [-0.25, -0.2) is 4.98 Å². The molecule has 0 aliphatic rings. The Morgan fingerprint density at radius 2 is 1.29 bits per heavy atom. The number of rotatable bonds is 14. The highest BCUT2D eigenvalue weighted by Crippen LogP contribution is 2.41. The van der Waals surface area contributed by atoms with Crippen molar-refractivity contribution in [3.8, 4) is 29.4 Å². The zero-order valence-corrected chi connectivity index (χ0v) is 28.1. The zero-order chi connectivity index (χ0) is 33.9. The minimum absolute atomic E-state index is 0.181. The van der Waals surface area contributed by atoms with Crippen LogP contribution < -0.4 is 4.74 Å². The first-order valence-corrected chi connectivity index (χ1v) is 16.7. The number of benzene rings is 5. The normalized spacial score (nSPS) is 11.9. The Morgan fingerprint density at radius 3 is 1.84 bits per heavy atom. The van der Waals surface area contributed by atoms with Gasteiger partial charge < -0.3 is 14.2 Å². The molecule has 1 heterocycles. The van der Waals surface area contributed by atoms with Crippen molar-refractivity contribution in [1.29, 1.82) is 0 Å². The van der Waals surface area contributed by atoms with E-state index in [4.69, 9.17) is 20.6 Å². The second-order valence-electron chi connectivity index (χ2n) is 12.1. The molecule has 0 aliphatic carbocycles. The summed E-state index contributed by atoms with van der Waals surface area (Å²) in [4.78, 5) is 4.64. The van der Waals surface area contributed by atoms with Crippen molar-refractivity contribution in [2.75, 3.05) is 13.2 Å². The summed E-state index contributed by atoms with van der Waals surface area (Å²) in [6.07, 6.45) is 7.69. The van der Waals surface area contributed by atoms with Gasteiger partial charge in [0.15, 0.2) is 0 Å². The fourth-order valence-corrected chi connectivity index (χ4v) is 6.49. The summed E-state index contributed by atoms with van der Waals surface area (Å²) in [5.41, 5.74) is 9.30. The number of ether oxygens (including phenoxy) is 3. The van der Waals surface area contributed by atoms with Crippen molar-refractivity contribution in [1.82, 2.24) is 4.98 Å². The maximum Gasteiger partial charge on any atom is 0.213 e. The molecule has 0 N–H and O–H groups in total. The summed E-state index contributed by atoms with van der Waals surface area (Å²) in [6.45, 7) is 5.30. The maximum absolute atomic E-state index is 7.01. The molecule has 5 aromatic carbocycles. The molecular weight excluding hydrogens is 602 g/mol. The molecule has 4 heteroatoms. The molecule has 0 amide bonds. The highest BCUT2D eigenvalue weighted by molar-refractivity contribution is 5.71. The van der Waals surface area contributed by atoms with E-state index >= 15 is 0 Å². The van der Waals surface area contributed by atoms with Crippen LogP contribution in [0.1, 0.15) is 51.5 Å². The molecular formula is C45H41NO3. The van der Waals surface area contributed by atoms with Gasteiger partial charge in [-0.2, -0.15) is 0 Å². The van der Waals surface area contributed by atoms with Crippen molar-refractivity contribution in [2.24, 2.45) is 0 Å². The second-order valence-corrected chi connectivity index (χ2v) is 12.1. The van der Waals surface area contributed by atoms with Gasteiger partial charge in [-0.1, -0.05) is 133 Å². The molecule has 6 rings (SSSR count). The average Bonchev–Trinajstić information content (AvgIpc) is 3.15. The third kappa shape index (κ3) is 7.82.